The fourth-order valence-corrected chi connectivity index (χ4v) is 4.98. The number of hydrogen-bond donors (Lipinski definition) is 2. The molecule has 0 amide bonds. The van der Waals surface area contributed by atoms with E-state index in [0.717, 1.165) is 51.0 Å². The highest BCUT2D eigenvalue weighted by Crippen LogP contribution is 2.38. The van der Waals surface area contributed by atoms with Crippen molar-refractivity contribution >= 4 is 32.6 Å². The van der Waals surface area contributed by atoms with Crippen LogP contribution in [0, 0.1) is 22.7 Å². The van der Waals surface area contributed by atoms with Crippen LogP contribution < -0.4 is 0 Å². The molecule has 5 nitrogen and oxygen atoms in total. The fourth-order valence-electron chi connectivity index (χ4n) is 4.98. The summed E-state index contributed by atoms with van der Waals surface area (Å²) in [7, 11) is 0. The molecule has 0 bridgehead atoms. The van der Waals surface area contributed by atoms with Crippen molar-refractivity contribution in [3.05, 3.63) is 76.9 Å². The number of hydrogen-bond acceptors (Lipinski definition) is 4. The summed E-state index contributed by atoms with van der Waals surface area (Å²) in [5.41, 5.74) is 4.56. The number of H-pyrrole nitrogens is 1. The molecule has 0 aliphatic carbocycles. The minimum atomic E-state index is -0.809. The molecule has 0 atom stereocenters. The smallest absolute Gasteiger partial charge is 0.141 e. The van der Waals surface area contributed by atoms with E-state index in [1.807, 2.05) is 19.9 Å². The predicted octanol–water partition coefficient (Wildman–Crippen LogP) is 6.55. The van der Waals surface area contributed by atoms with Gasteiger partial charge in [0, 0.05) is 17.2 Å². The Morgan fingerprint density at radius 3 is 2.17 bits per heavy atom. The topological polar surface area (TPSA) is 96.5 Å². The van der Waals surface area contributed by atoms with Gasteiger partial charge in [0.25, 0.3) is 0 Å². The third-order valence-electron chi connectivity index (χ3n) is 6.40. The molecule has 4 aromatic carbocycles. The maximum absolute atomic E-state index is 10.4. The molecule has 5 heteroatoms. The number of aryl methyl sites for hydroxylation is 1. The summed E-state index contributed by atoms with van der Waals surface area (Å²) >= 11 is 0. The highest BCUT2D eigenvalue weighted by Gasteiger charge is 2.20. The number of rotatable bonds is 5. The molecule has 5 rings (SSSR count). The number of aromatic amines is 1. The number of benzene rings is 4. The Morgan fingerprint density at radius 2 is 1.51 bits per heavy atom. The summed E-state index contributed by atoms with van der Waals surface area (Å²) in [5, 5.41) is 34.0. The molecular formula is C30H26N4O. The highest BCUT2D eigenvalue weighted by molar-refractivity contribution is 6.23. The standard InChI is InChI=1S/C30H26N4O/c1-4-6-18-9-11-22-24(13-18)25-14-19(15-30(2,3)35)10-12-23(25)28-27(22)33-29(34-28)26-20(16-31)7-5-8-21(26)17-32/h5,7-14,35H,4,6,15H2,1-3H3,(H,33,34). The Kier molecular flexibility index (Phi) is 5.52. The van der Waals surface area contributed by atoms with E-state index in [1.165, 1.54) is 5.56 Å². The number of aliphatic hydroxyl groups is 1. The van der Waals surface area contributed by atoms with Crippen molar-refractivity contribution in [2.24, 2.45) is 0 Å². The number of fused-ring (bicyclic) bond motifs is 6. The summed E-state index contributed by atoms with van der Waals surface area (Å²) in [5.74, 6) is 0.515. The van der Waals surface area contributed by atoms with E-state index in [0.29, 0.717) is 28.9 Å². The van der Waals surface area contributed by atoms with Crippen LogP contribution in [0.25, 0.3) is 44.0 Å². The maximum Gasteiger partial charge on any atom is 0.141 e. The van der Waals surface area contributed by atoms with Gasteiger partial charge in [-0.2, -0.15) is 10.5 Å². The summed E-state index contributed by atoms with van der Waals surface area (Å²) in [4.78, 5) is 8.38. The quantitative estimate of drug-likeness (QED) is 0.292. The zero-order valence-corrected chi connectivity index (χ0v) is 20.1. The molecule has 0 radical (unpaired) electrons. The first-order chi connectivity index (χ1) is 16.8. The molecular weight excluding hydrogens is 432 g/mol. The molecule has 0 unspecified atom stereocenters. The third-order valence-corrected chi connectivity index (χ3v) is 6.40. The zero-order valence-electron chi connectivity index (χ0n) is 20.1. The second kappa shape index (κ2) is 8.55. The lowest BCUT2D eigenvalue weighted by molar-refractivity contribution is 0.0810. The minimum Gasteiger partial charge on any atom is -0.390 e. The Balaban J connectivity index is 1.87. The van der Waals surface area contributed by atoms with Gasteiger partial charge in [-0.05, 0) is 54.3 Å². The fraction of sp³-hybridized carbons (Fsp3) is 0.233. The minimum absolute atomic E-state index is 0.411. The van der Waals surface area contributed by atoms with Gasteiger partial charge in [-0.3, -0.25) is 0 Å². The first kappa shape index (κ1) is 22.6. The number of imidazole rings is 1. The summed E-state index contributed by atoms with van der Waals surface area (Å²) in [6.07, 6.45) is 2.60. The van der Waals surface area contributed by atoms with Gasteiger partial charge in [0.05, 0.1) is 45.5 Å². The Labute approximate surface area is 204 Å². The van der Waals surface area contributed by atoms with Gasteiger partial charge in [-0.1, -0.05) is 55.8 Å². The van der Waals surface area contributed by atoms with Crippen LogP contribution in [0.5, 0.6) is 0 Å². The number of nitrogens with zero attached hydrogens (tertiary/aromatic N) is 3. The average molecular weight is 459 g/mol. The van der Waals surface area contributed by atoms with Crippen LogP contribution in [-0.2, 0) is 12.8 Å². The summed E-state index contributed by atoms with van der Waals surface area (Å²) in [6, 6.07) is 22.3. The molecule has 172 valence electrons. The van der Waals surface area contributed by atoms with Crippen molar-refractivity contribution in [3.63, 3.8) is 0 Å². The first-order valence-corrected chi connectivity index (χ1v) is 11.9. The lowest BCUT2D eigenvalue weighted by Crippen LogP contribution is -2.21. The molecule has 1 aromatic heterocycles. The molecule has 5 aromatic rings. The first-order valence-electron chi connectivity index (χ1n) is 11.9. The van der Waals surface area contributed by atoms with Gasteiger partial charge in [0.2, 0.25) is 0 Å². The van der Waals surface area contributed by atoms with Crippen LogP contribution in [-0.4, -0.2) is 20.7 Å². The number of nitriles is 2. The maximum atomic E-state index is 10.4. The van der Waals surface area contributed by atoms with E-state index in [4.69, 9.17) is 4.98 Å². The van der Waals surface area contributed by atoms with Crippen LogP contribution in [0.3, 0.4) is 0 Å². The zero-order chi connectivity index (χ0) is 24.7. The predicted molar refractivity (Wildman–Crippen MR) is 140 cm³/mol. The molecule has 35 heavy (non-hydrogen) atoms. The van der Waals surface area contributed by atoms with E-state index in [2.05, 4.69) is 54.4 Å². The van der Waals surface area contributed by atoms with Gasteiger partial charge >= 0.3 is 0 Å². The van der Waals surface area contributed by atoms with E-state index in [9.17, 15) is 15.6 Å². The van der Waals surface area contributed by atoms with Gasteiger partial charge in [-0.25, -0.2) is 4.98 Å². The van der Waals surface area contributed by atoms with Crippen molar-refractivity contribution in [2.45, 2.75) is 45.6 Å². The van der Waals surface area contributed by atoms with Crippen molar-refractivity contribution in [3.8, 4) is 23.5 Å². The molecule has 0 fully saturated rings. The van der Waals surface area contributed by atoms with Crippen LogP contribution in [0.15, 0.2) is 54.6 Å². The molecule has 0 aliphatic rings. The SMILES string of the molecule is CCCc1ccc2c(c1)c1cc(CC(C)(C)O)ccc1c1[nH]c(-c3c(C#N)cccc3C#N)nc21. The third kappa shape index (κ3) is 4.01. The van der Waals surface area contributed by atoms with Gasteiger partial charge in [0.15, 0.2) is 0 Å². The van der Waals surface area contributed by atoms with E-state index in [1.54, 1.807) is 18.2 Å². The van der Waals surface area contributed by atoms with E-state index >= 15 is 0 Å². The Bertz CT molecular complexity index is 1660. The van der Waals surface area contributed by atoms with E-state index < -0.39 is 5.60 Å². The van der Waals surface area contributed by atoms with Crippen LogP contribution in [0.1, 0.15) is 49.4 Å². The summed E-state index contributed by atoms with van der Waals surface area (Å²) < 4.78 is 0. The monoisotopic (exact) mass is 458 g/mol. The molecule has 0 spiro atoms. The molecule has 1 heterocycles. The summed E-state index contributed by atoms with van der Waals surface area (Å²) in [6.45, 7) is 5.81. The molecule has 0 saturated heterocycles. The molecule has 0 saturated carbocycles. The van der Waals surface area contributed by atoms with Crippen molar-refractivity contribution in [2.75, 3.05) is 0 Å². The van der Waals surface area contributed by atoms with Crippen LogP contribution >= 0.6 is 0 Å². The Hall–Kier alpha value is -4.19. The number of aromatic nitrogens is 2. The average Bonchev–Trinajstić information content (AvgIpc) is 3.28. The van der Waals surface area contributed by atoms with Crippen molar-refractivity contribution in [1.82, 2.24) is 9.97 Å². The van der Waals surface area contributed by atoms with E-state index in [-0.39, 0.29) is 0 Å². The van der Waals surface area contributed by atoms with Crippen LogP contribution in [0.2, 0.25) is 0 Å². The van der Waals surface area contributed by atoms with Crippen molar-refractivity contribution in [1.29, 1.82) is 10.5 Å². The lowest BCUT2D eigenvalue weighted by atomic mass is 9.92. The Morgan fingerprint density at radius 1 is 0.886 bits per heavy atom. The molecule has 2 N–H and O–H groups in total. The number of nitrogens with one attached hydrogen (secondary N) is 1. The highest BCUT2D eigenvalue weighted by atomic mass is 16.3. The van der Waals surface area contributed by atoms with Crippen molar-refractivity contribution < 1.29 is 5.11 Å². The normalized spacial score (nSPS) is 11.7. The van der Waals surface area contributed by atoms with Gasteiger partial charge in [0.1, 0.15) is 5.82 Å². The second-order valence-corrected chi connectivity index (χ2v) is 9.76. The van der Waals surface area contributed by atoms with Gasteiger partial charge in [-0.15, -0.1) is 0 Å². The van der Waals surface area contributed by atoms with Crippen LogP contribution in [0.4, 0.5) is 0 Å². The second-order valence-electron chi connectivity index (χ2n) is 9.76. The van der Waals surface area contributed by atoms with Gasteiger partial charge < -0.3 is 10.1 Å². The largest absolute Gasteiger partial charge is 0.390 e. The molecule has 0 aliphatic heterocycles. The lowest BCUT2D eigenvalue weighted by Gasteiger charge is -2.18.